The highest BCUT2D eigenvalue weighted by atomic mass is 16.5. The van der Waals surface area contributed by atoms with Crippen LogP contribution in [0, 0.1) is 18.8 Å². The van der Waals surface area contributed by atoms with Gasteiger partial charge in [0.05, 0.1) is 13.2 Å². The number of anilines is 2. The van der Waals surface area contributed by atoms with Gasteiger partial charge < -0.3 is 20.3 Å². The molecule has 29 heavy (non-hydrogen) atoms. The van der Waals surface area contributed by atoms with Crippen LogP contribution in [0.4, 0.5) is 11.8 Å². The van der Waals surface area contributed by atoms with Crippen LogP contribution in [0.2, 0.25) is 0 Å². The van der Waals surface area contributed by atoms with E-state index in [1.807, 2.05) is 25.1 Å². The fourth-order valence-electron chi connectivity index (χ4n) is 4.81. The fourth-order valence-corrected chi connectivity index (χ4v) is 4.81. The second-order valence-electron chi connectivity index (χ2n) is 8.07. The van der Waals surface area contributed by atoms with Crippen LogP contribution in [0.3, 0.4) is 0 Å². The number of benzene rings is 1. The van der Waals surface area contributed by atoms with Crippen molar-refractivity contribution >= 4 is 17.7 Å². The van der Waals surface area contributed by atoms with Crippen molar-refractivity contribution in [1.82, 2.24) is 14.9 Å². The number of likely N-dealkylation sites (tertiary alicyclic amines) is 1. The molecule has 154 valence electrons. The van der Waals surface area contributed by atoms with Crippen molar-refractivity contribution < 1.29 is 9.53 Å². The number of nitrogen functional groups attached to an aromatic ring is 1. The summed E-state index contributed by atoms with van der Waals surface area (Å²) in [5, 5.41) is 0. The van der Waals surface area contributed by atoms with Gasteiger partial charge in [-0.05, 0) is 31.0 Å². The summed E-state index contributed by atoms with van der Waals surface area (Å²) in [6.45, 7) is 6.51. The van der Waals surface area contributed by atoms with E-state index < -0.39 is 0 Å². The number of fused-ring (bicyclic) bond motifs is 1. The van der Waals surface area contributed by atoms with Crippen molar-refractivity contribution in [1.29, 1.82) is 0 Å². The second-order valence-corrected chi connectivity index (χ2v) is 8.07. The minimum atomic E-state index is 0.0789. The summed E-state index contributed by atoms with van der Waals surface area (Å²) in [6.07, 6.45) is 1.46. The summed E-state index contributed by atoms with van der Waals surface area (Å²) in [5.41, 5.74) is 7.91. The zero-order valence-corrected chi connectivity index (χ0v) is 17.3. The number of carbonyl (C=O) groups is 1. The molecule has 1 aromatic carbocycles. The maximum absolute atomic E-state index is 12.9. The standard InChI is InChI=1S/C22H29N5O2/c1-4-5-20(28)27-12-16-11-26(19-10-14(2)24-22(23)25-19)13-18(16)21(27)15-6-8-17(29-3)9-7-15/h6-10,16,18,21H,4-5,11-13H2,1-3H3,(H2,23,24,25)/t16-,18-,21-/m0/s1. The van der Waals surface area contributed by atoms with Gasteiger partial charge in [0.25, 0.3) is 0 Å². The van der Waals surface area contributed by atoms with Crippen LogP contribution in [-0.2, 0) is 4.79 Å². The Hall–Kier alpha value is -2.83. The molecule has 1 aromatic heterocycles. The minimum Gasteiger partial charge on any atom is -0.497 e. The monoisotopic (exact) mass is 395 g/mol. The third kappa shape index (κ3) is 3.73. The SMILES string of the molecule is CCCC(=O)N1C[C@@H]2CN(c3cc(C)nc(N)n3)C[C@@H]2[C@@H]1c1ccc(OC)cc1. The Morgan fingerprint density at radius 2 is 1.97 bits per heavy atom. The number of hydrogen-bond donors (Lipinski definition) is 1. The van der Waals surface area contributed by atoms with E-state index >= 15 is 0 Å². The number of methoxy groups -OCH3 is 1. The van der Waals surface area contributed by atoms with E-state index in [4.69, 9.17) is 10.5 Å². The van der Waals surface area contributed by atoms with Crippen LogP contribution < -0.4 is 15.4 Å². The molecule has 0 aliphatic carbocycles. The number of hydrogen-bond acceptors (Lipinski definition) is 6. The molecule has 2 N–H and O–H groups in total. The number of nitrogens with zero attached hydrogens (tertiary/aromatic N) is 4. The highest BCUT2D eigenvalue weighted by molar-refractivity contribution is 5.77. The van der Waals surface area contributed by atoms with E-state index in [-0.39, 0.29) is 11.9 Å². The average Bonchev–Trinajstić information content (AvgIpc) is 3.25. The molecule has 2 aromatic rings. The van der Waals surface area contributed by atoms with Gasteiger partial charge in [-0.2, -0.15) is 4.98 Å². The summed E-state index contributed by atoms with van der Waals surface area (Å²) in [5.74, 6) is 3.04. The predicted octanol–water partition coefficient (Wildman–Crippen LogP) is 2.81. The highest BCUT2D eigenvalue weighted by Gasteiger charge is 2.49. The van der Waals surface area contributed by atoms with E-state index in [2.05, 4.69) is 38.8 Å². The first-order chi connectivity index (χ1) is 14.0. The van der Waals surface area contributed by atoms with E-state index in [1.165, 1.54) is 5.56 Å². The van der Waals surface area contributed by atoms with Crippen molar-refractivity contribution in [2.45, 2.75) is 32.7 Å². The molecular formula is C22H29N5O2. The summed E-state index contributed by atoms with van der Waals surface area (Å²) >= 11 is 0. The first-order valence-corrected chi connectivity index (χ1v) is 10.3. The van der Waals surface area contributed by atoms with Gasteiger partial charge in [0, 0.05) is 49.7 Å². The Morgan fingerprint density at radius 3 is 2.62 bits per heavy atom. The highest BCUT2D eigenvalue weighted by Crippen LogP contribution is 2.46. The number of amides is 1. The van der Waals surface area contributed by atoms with E-state index in [1.54, 1.807) is 7.11 Å². The normalized spacial score (nSPS) is 23.3. The molecule has 7 nitrogen and oxygen atoms in total. The van der Waals surface area contributed by atoms with E-state index in [9.17, 15) is 4.79 Å². The molecule has 4 rings (SSSR count). The Kier molecular flexibility index (Phi) is 5.30. The number of rotatable bonds is 5. The molecule has 0 unspecified atom stereocenters. The van der Waals surface area contributed by atoms with Gasteiger partial charge in [-0.25, -0.2) is 4.98 Å². The number of aryl methyl sites for hydroxylation is 1. The molecule has 2 aliphatic heterocycles. The Morgan fingerprint density at radius 1 is 1.21 bits per heavy atom. The number of aromatic nitrogens is 2. The average molecular weight is 396 g/mol. The molecule has 2 saturated heterocycles. The minimum absolute atomic E-state index is 0.0789. The topological polar surface area (TPSA) is 84.6 Å². The summed E-state index contributed by atoms with van der Waals surface area (Å²) in [4.78, 5) is 25.9. The third-order valence-electron chi connectivity index (χ3n) is 6.09. The van der Waals surface area contributed by atoms with Crippen LogP contribution in [-0.4, -0.2) is 47.5 Å². The molecule has 2 aliphatic rings. The van der Waals surface area contributed by atoms with Gasteiger partial charge in [0.2, 0.25) is 11.9 Å². The number of nitrogens with two attached hydrogens (primary N) is 1. The van der Waals surface area contributed by atoms with Gasteiger partial charge in [0.15, 0.2) is 0 Å². The molecule has 0 saturated carbocycles. The zero-order valence-electron chi connectivity index (χ0n) is 17.3. The quantitative estimate of drug-likeness (QED) is 0.838. The number of carbonyl (C=O) groups excluding carboxylic acids is 1. The van der Waals surface area contributed by atoms with Crippen molar-refractivity contribution in [2.75, 3.05) is 37.4 Å². The number of ether oxygens (including phenoxy) is 1. The maximum Gasteiger partial charge on any atom is 0.223 e. The van der Waals surface area contributed by atoms with Crippen LogP contribution >= 0.6 is 0 Å². The summed E-state index contributed by atoms with van der Waals surface area (Å²) in [7, 11) is 1.67. The summed E-state index contributed by atoms with van der Waals surface area (Å²) in [6, 6.07) is 10.2. The molecular weight excluding hydrogens is 366 g/mol. The maximum atomic E-state index is 12.9. The largest absolute Gasteiger partial charge is 0.497 e. The van der Waals surface area contributed by atoms with Gasteiger partial charge in [0.1, 0.15) is 11.6 Å². The van der Waals surface area contributed by atoms with Crippen LogP contribution in [0.5, 0.6) is 5.75 Å². The fraction of sp³-hybridized carbons (Fsp3) is 0.500. The summed E-state index contributed by atoms with van der Waals surface area (Å²) < 4.78 is 5.31. The predicted molar refractivity (Wildman–Crippen MR) is 113 cm³/mol. The molecule has 1 amide bonds. The van der Waals surface area contributed by atoms with Gasteiger partial charge in [-0.1, -0.05) is 19.1 Å². The zero-order chi connectivity index (χ0) is 20.5. The van der Waals surface area contributed by atoms with E-state index in [0.717, 1.165) is 43.3 Å². The van der Waals surface area contributed by atoms with Crippen molar-refractivity contribution in [2.24, 2.45) is 11.8 Å². The molecule has 0 spiro atoms. The lowest BCUT2D eigenvalue weighted by Crippen LogP contribution is -2.35. The lowest BCUT2D eigenvalue weighted by atomic mass is 9.89. The molecule has 3 heterocycles. The molecule has 0 radical (unpaired) electrons. The van der Waals surface area contributed by atoms with Crippen LogP contribution in [0.1, 0.15) is 37.1 Å². The smallest absolute Gasteiger partial charge is 0.223 e. The molecule has 2 fully saturated rings. The first kappa shape index (κ1) is 19.5. The Bertz CT molecular complexity index is 865. The van der Waals surface area contributed by atoms with Crippen LogP contribution in [0.25, 0.3) is 0 Å². The first-order valence-electron chi connectivity index (χ1n) is 10.3. The van der Waals surface area contributed by atoms with Gasteiger partial charge in [-0.15, -0.1) is 0 Å². The Balaban J connectivity index is 1.62. The third-order valence-corrected chi connectivity index (χ3v) is 6.09. The lowest BCUT2D eigenvalue weighted by molar-refractivity contribution is -0.132. The second kappa shape index (κ2) is 7.89. The van der Waals surface area contributed by atoms with E-state index in [0.29, 0.717) is 24.2 Å². The van der Waals surface area contributed by atoms with Crippen LogP contribution in [0.15, 0.2) is 30.3 Å². The van der Waals surface area contributed by atoms with Crippen molar-refractivity contribution in [3.63, 3.8) is 0 Å². The lowest BCUT2D eigenvalue weighted by Gasteiger charge is -2.30. The molecule has 7 heteroatoms. The Labute approximate surface area is 171 Å². The molecule has 3 atom stereocenters. The molecule has 0 bridgehead atoms. The van der Waals surface area contributed by atoms with Crippen molar-refractivity contribution in [3.05, 3.63) is 41.6 Å². The van der Waals surface area contributed by atoms with Gasteiger partial charge in [-0.3, -0.25) is 4.79 Å². The van der Waals surface area contributed by atoms with Crippen molar-refractivity contribution in [3.8, 4) is 5.75 Å². The van der Waals surface area contributed by atoms with Gasteiger partial charge >= 0.3 is 0 Å².